The summed E-state index contributed by atoms with van der Waals surface area (Å²) in [7, 11) is -3.52. The zero-order chi connectivity index (χ0) is 14.3. The van der Waals surface area contributed by atoms with Crippen LogP contribution in [0.5, 0.6) is 0 Å². The van der Waals surface area contributed by atoms with Crippen LogP contribution in [0.25, 0.3) is 0 Å². The van der Waals surface area contributed by atoms with Crippen LogP contribution in [-0.2, 0) is 16.4 Å². The lowest BCUT2D eigenvalue weighted by Crippen LogP contribution is -2.33. The van der Waals surface area contributed by atoms with Crippen LogP contribution in [0.3, 0.4) is 0 Å². The van der Waals surface area contributed by atoms with Gasteiger partial charge in [0.25, 0.3) is 0 Å². The molecule has 0 saturated heterocycles. The van der Waals surface area contributed by atoms with Crippen LogP contribution in [-0.4, -0.2) is 14.5 Å². The summed E-state index contributed by atoms with van der Waals surface area (Å²) in [6, 6.07) is 6.52. The minimum absolute atomic E-state index is 0.267. The van der Waals surface area contributed by atoms with E-state index in [4.69, 9.17) is 6.42 Å². The van der Waals surface area contributed by atoms with Gasteiger partial charge >= 0.3 is 0 Å². The van der Waals surface area contributed by atoms with E-state index in [1.165, 1.54) is 0 Å². The van der Waals surface area contributed by atoms with Gasteiger partial charge in [0, 0.05) is 0 Å². The Morgan fingerprint density at radius 3 is 2.32 bits per heavy atom. The number of hydrogen-bond donors (Lipinski definition) is 1. The molecule has 0 saturated carbocycles. The van der Waals surface area contributed by atoms with Crippen molar-refractivity contribution in [2.75, 3.05) is 0 Å². The van der Waals surface area contributed by atoms with E-state index in [9.17, 15) is 8.42 Å². The van der Waals surface area contributed by atoms with Crippen molar-refractivity contribution in [2.24, 2.45) is 0 Å². The smallest absolute Gasteiger partial charge is 0.207 e. The number of terminal acetylenes is 1. The fourth-order valence-corrected chi connectivity index (χ4v) is 3.04. The normalized spacial score (nSPS) is 12.9. The van der Waals surface area contributed by atoms with Crippen LogP contribution in [0.1, 0.15) is 38.7 Å². The molecule has 0 aliphatic rings. The number of rotatable bonds is 7. The van der Waals surface area contributed by atoms with Crippen molar-refractivity contribution in [3.05, 3.63) is 29.8 Å². The molecule has 3 nitrogen and oxygen atoms in total. The highest BCUT2D eigenvalue weighted by molar-refractivity contribution is 7.89. The van der Waals surface area contributed by atoms with E-state index >= 15 is 0 Å². The minimum Gasteiger partial charge on any atom is -0.207 e. The molecule has 0 aliphatic heterocycles. The van der Waals surface area contributed by atoms with Crippen LogP contribution in [0, 0.1) is 12.3 Å². The quantitative estimate of drug-likeness (QED) is 0.780. The molecule has 1 atom stereocenters. The lowest BCUT2D eigenvalue weighted by atomic mass is 10.1. The Kier molecular flexibility index (Phi) is 6.07. The van der Waals surface area contributed by atoms with Gasteiger partial charge in [0.2, 0.25) is 10.0 Å². The monoisotopic (exact) mass is 279 g/mol. The molecule has 0 spiro atoms. The molecular weight excluding hydrogens is 258 g/mol. The van der Waals surface area contributed by atoms with Crippen LogP contribution < -0.4 is 4.72 Å². The van der Waals surface area contributed by atoms with E-state index in [0.717, 1.165) is 24.8 Å². The van der Waals surface area contributed by atoms with Gasteiger partial charge in [-0.3, -0.25) is 0 Å². The largest absolute Gasteiger partial charge is 0.241 e. The summed E-state index contributed by atoms with van der Waals surface area (Å²) in [5, 5.41) is 0. The Morgan fingerprint density at radius 1 is 1.21 bits per heavy atom. The average molecular weight is 279 g/mol. The topological polar surface area (TPSA) is 46.2 Å². The van der Waals surface area contributed by atoms with E-state index in [-0.39, 0.29) is 4.90 Å². The number of aryl methyl sites for hydroxylation is 1. The molecule has 104 valence electrons. The van der Waals surface area contributed by atoms with Gasteiger partial charge in [0.1, 0.15) is 0 Å². The van der Waals surface area contributed by atoms with Crippen molar-refractivity contribution < 1.29 is 8.42 Å². The third-order valence-electron chi connectivity index (χ3n) is 2.85. The summed E-state index contributed by atoms with van der Waals surface area (Å²) in [5.74, 6) is 2.47. The Bertz CT molecular complexity index is 526. The first kappa shape index (κ1) is 15.7. The van der Waals surface area contributed by atoms with E-state index in [1.54, 1.807) is 12.1 Å². The van der Waals surface area contributed by atoms with Crippen molar-refractivity contribution in [2.45, 2.75) is 50.5 Å². The Balaban J connectivity index is 2.85. The molecule has 1 rings (SSSR count). The summed E-state index contributed by atoms with van der Waals surface area (Å²) in [5.41, 5.74) is 1.14. The molecule has 0 heterocycles. The predicted molar refractivity (Wildman–Crippen MR) is 78.3 cm³/mol. The molecule has 0 aromatic heterocycles. The maximum atomic E-state index is 12.1. The van der Waals surface area contributed by atoms with Gasteiger partial charge in [-0.2, -0.15) is 4.72 Å². The first-order valence-electron chi connectivity index (χ1n) is 6.60. The third kappa shape index (κ3) is 4.70. The van der Waals surface area contributed by atoms with Crippen LogP contribution in [0.2, 0.25) is 0 Å². The van der Waals surface area contributed by atoms with Crippen molar-refractivity contribution in [1.82, 2.24) is 4.72 Å². The van der Waals surface area contributed by atoms with Crippen LogP contribution in [0.15, 0.2) is 29.2 Å². The maximum absolute atomic E-state index is 12.1. The summed E-state index contributed by atoms with van der Waals surface area (Å²) >= 11 is 0. The summed E-state index contributed by atoms with van der Waals surface area (Å²) in [6.45, 7) is 4.06. The molecule has 4 heteroatoms. The lowest BCUT2D eigenvalue weighted by molar-refractivity contribution is 0.564. The molecule has 1 unspecified atom stereocenters. The predicted octanol–water partition coefficient (Wildman–Crippen LogP) is 2.72. The highest BCUT2D eigenvalue weighted by Crippen LogP contribution is 2.13. The number of nitrogens with one attached hydrogen (secondary N) is 1. The fourth-order valence-electron chi connectivity index (χ4n) is 1.84. The van der Waals surface area contributed by atoms with Crippen molar-refractivity contribution in [3.8, 4) is 12.3 Å². The molecule has 0 bridgehead atoms. The zero-order valence-corrected chi connectivity index (χ0v) is 12.3. The summed E-state index contributed by atoms with van der Waals surface area (Å²) < 4.78 is 26.8. The van der Waals surface area contributed by atoms with Crippen LogP contribution >= 0.6 is 0 Å². The Morgan fingerprint density at radius 2 is 1.84 bits per heavy atom. The zero-order valence-electron chi connectivity index (χ0n) is 11.5. The first-order valence-corrected chi connectivity index (χ1v) is 8.09. The van der Waals surface area contributed by atoms with Gasteiger partial charge in [-0.15, -0.1) is 6.42 Å². The second-order valence-corrected chi connectivity index (χ2v) is 6.24. The molecule has 0 fully saturated rings. The molecule has 1 aromatic carbocycles. The van der Waals surface area contributed by atoms with Gasteiger partial charge in [-0.25, -0.2) is 8.42 Å². The van der Waals surface area contributed by atoms with Gasteiger partial charge < -0.3 is 0 Å². The highest BCUT2D eigenvalue weighted by Gasteiger charge is 2.17. The van der Waals surface area contributed by atoms with Crippen molar-refractivity contribution in [1.29, 1.82) is 0 Å². The van der Waals surface area contributed by atoms with E-state index in [1.807, 2.05) is 19.1 Å². The van der Waals surface area contributed by atoms with Gasteiger partial charge in [0.15, 0.2) is 0 Å². The maximum Gasteiger partial charge on any atom is 0.241 e. The molecule has 0 radical (unpaired) electrons. The summed E-state index contributed by atoms with van der Waals surface area (Å²) in [6.07, 6.45) is 8.81. The Labute approximate surface area is 116 Å². The second-order valence-electron chi connectivity index (χ2n) is 4.52. The average Bonchev–Trinajstić information content (AvgIpc) is 2.39. The minimum atomic E-state index is -3.52. The van der Waals surface area contributed by atoms with E-state index < -0.39 is 16.1 Å². The highest BCUT2D eigenvalue weighted by atomic mass is 32.2. The van der Waals surface area contributed by atoms with Gasteiger partial charge in [-0.05, 0) is 30.5 Å². The molecule has 0 aliphatic carbocycles. The lowest BCUT2D eigenvalue weighted by Gasteiger charge is -2.12. The fraction of sp³-hybridized carbons (Fsp3) is 0.467. The van der Waals surface area contributed by atoms with E-state index in [2.05, 4.69) is 17.6 Å². The molecular formula is C15H21NO2S. The van der Waals surface area contributed by atoms with Crippen molar-refractivity contribution in [3.63, 3.8) is 0 Å². The molecule has 0 amide bonds. The molecule has 1 aromatic rings. The SMILES string of the molecule is C#CC(CCC)NS(=O)(=O)c1ccc(CCC)cc1. The van der Waals surface area contributed by atoms with Crippen molar-refractivity contribution >= 4 is 10.0 Å². The third-order valence-corrected chi connectivity index (χ3v) is 4.34. The standard InChI is InChI=1S/C15H21NO2S/c1-4-7-13-9-11-15(12-10-13)19(17,18)16-14(6-3)8-5-2/h3,9-12,14,16H,4-5,7-8H2,1-2H3. The van der Waals surface area contributed by atoms with Gasteiger partial charge in [0.05, 0.1) is 10.9 Å². The molecule has 19 heavy (non-hydrogen) atoms. The number of hydrogen-bond acceptors (Lipinski definition) is 2. The number of benzene rings is 1. The first-order chi connectivity index (χ1) is 9.03. The number of sulfonamides is 1. The van der Waals surface area contributed by atoms with E-state index in [0.29, 0.717) is 6.42 Å². The summed E-state index contributed by atoms with van der Waals surface area (Å²) in [4.78, 5) is 0.267. The second kappa shape index (κ2) is 7.32. The van der Waals surface area contributed by atoms with Gasteiger partial charge in [-0.1, -0.05) is 44.7 Å². The van der Waals surface area contributed by atoms with Crippen LogP contribution in [0.4, 0.5) is 0 Å². The molecule has 1 N–H and O–H groups in total. The Hall–Kier alpha value is -1.31.